The molecule has 0 bridgehead atoms. The Morgan fingerprint density at radius 1 is 1.36 bits per heavy atom. The Labute approximate surface area is 149 Å². The lowest BCUT2D eigenvalue weighted by atomic mass is 9.91. The molecule has 1 N–H and O–H groups in total. The van der Waals surface area contributed by atoms with Gasteiger partial charge in [0.15, 0.2) is 5.79 Å². The topological polar surface area (TPSA) is 65.0 Å². The SMILES string of the molecule is CCOC(=O)CC/C=C\C[C@@H]1COC(C)(C)O[C@@H]1c1ccccc1O. The maximum Gasteiger partial charge on any atom is 0.306 e. The second-order valence-corrected chi connectivity index (χ2v) is 6.62. The molecule has 1 aliphatic rings. The summed E-state index contributed by atoms with van der Waals surface area (Å²) < 4.78 is 16.8. The van der Waals surface area contributed by atoms with Crippen LogP contribution in [0.3, 0.4) is 0 Å². The Balaban J connectivity index is 1.97. The smallest absolute Gasteiger partial charge is 0.306 e. The van der Waals surface area contributed by atoms with Crippen molar-refractivity contribution in [2.24, 2.45) is 5.92 Å². The monoisotopic (exact) mass is 348 g/mol. The summed E-state index contributed by atoms with van der Waals surface area (Å²) in [5, 5.41) is 10.2. The Hall–Kier alpha value is -1.85. The van der Waals surface area contributed by atoms with Crippen molar-refractivity contribution in [3.8, 4) is 5.75 Å². The highest BCUT2D eigenvalue weighted by Gasteiger charge is 2.37. The number of hydrogen-bond acceptors (Lipinski definition) is 5. The second kappa shape index (κ2) is 9.02. The Morgan fingerprint density at radius 3 is 2.84 bits per heavy atom. The van der Waals surface area contributed by atoms with Crippen molar-refractivity contribution >= 4 is 5.97 Å². The fraction of sp³-hybridized carbons (Fsp3) is 0.550. The van der Waals surface area contributed by atoms with Crippen molar-refractivity contribution in [1.82, 2.24) is 0 Å². The van der Waals surface area contributed by atoms with E-state index in [1.54, 1.807) is 19.1 Å². The maximum atomic E-state index is 11.3. The van der Waals surface area contributed by atoms with Crippen LogP contribution >= 0.6 is 0 Å². The predicted molar refractivity (Wildman–Crippen MR) is 95.1 cm³/mol. The van der Waals surface area contributed by atoms with E-state index in [1.807, 2.05) is 38.1 Å². The van der Waals surface area contributed by atoms with Gasteiger partial charge in [-0.1, -0.05) is 30.4 Å². The molecule has 1 aromatic carbocycles. The number of carbonyl (C=O) groups excluding carboxylic acids is 1. The first-order valence-electron chi connectivity index (χ1n) is 8.83. The van der Waals surface area contributed by atoms with Gasteiger partial charge in [-0.2, -0.15) is 0 Å². The van der Waals surface area contributed by atoms with Crippen LogP contribution in [0, 0.1) is 5.92 Å². The van der Waals surface area contributed by atoms with Crippen molar-refractivity contribution < 1.29 is 24.1 Å². The molecular weight excluding hydrogens is 320 g/mol. The summed E-state index contributed by atoms with van der Waals surface area (Å²) >= 11 is 0. The number of benzene rings is 1. The number of allylic oxidation sites excluding steroid dienone is 2. The van der Waals surface area contributed by atoms with E-state index in [0.717, 1.165) is 12.0 Å². The molecule has 0 spiro atoms. The van der Waals surface area contributed by atoms with E-state index < -0.39 is 5.79 Å². The molecule has 0 aliphatic carbocycles. The normalized spacial score (nSPS) is 22.8. The maximum absolute atomic E-state index is 11.3. The average Bonchev–Trinajstić information content (AvgIpc) is 2.56. The number of esters is 1. The summed E-state index contributed by atoms with van der Waals surface area (Å²) in [5.41, 5.74) is 0.781. The molecule has 2 rings (SSSR count). The summed E-state index contributed by atoms with van der Waals surface area (Å²) in [6.07, 6.45) is 5.58. The molecule has 5 heteroatoms. The molecule has 0 unspecified atom stereocenters. The van der Waals surface area contributed by atoms with Gasteiger partial charge in [0, 0.05) is 17.9 Å². The molecule has 0 amide bonds. The second-order valence-electron chi connectivity index (χ2n) is 6.62. The van der Waals surface area contributed by atoms with Gasteiger partial charge in [0.2, 0.25) is 0 Å². The van der Waals surface area contributed by atoms with Crippen LogP contribution in [0.5, 0.6) is 5.75 Å². The van der Waals surface area contributed by atoms with Crippen molar-refractivity contribution in [2.75, 3.05) is 13.2 Å². The van der Waals surface area contributed by atoms with Crippen LogP contribution in [0.2, 0.25) is 0 Å². The highest BCUT2D eigenvalue weighted by Crippen LogP contribution is 2.41. The van der Waals surface area contributed by atoms with Gasteiger partial charge in [-0.15, -0.1) is 0 Å². The molecule has 5 nitrogen and oxygen atoms in total. The van der Waals surface area contributed by atoms with Crippen LogP contribution in [0.25, 0.3) is 0 Å². The van der Waals surface area contributed by atoms with Gasteiger partial charge in [-0.3, -0.25) is 4.79 Å². The zero-order chi connectivity index (χ0) is 18.3. The zero-order valence-electron chi connectivity index (χ0n) is 15.2. The lowest BCUT2D eigenvalue weighted by molar-refractivity contribution is -0.295. The molecule has 1 saturated heterocycles. The Bertz CT molecular complexity index is 594. The van der Waals surface area contributed by atoms with Gasteiger partial charge in [0.05, 0.1) is 19.3 Å². The molecule has 0 aromatic heterocycles. The zero-order valence-corrected chi connectivity index (χ0v) is 15.2. The van der Waals surface area contributed by atoms with Crippen molar-refractivity contribution in [3.63, 3.8) is 0 Å². The summed E-state index contributed by atoms with van der Waals surface area (Å²) in [6, 6.07) is 7.26. The minimum atomic E-state index is -0.683. The largest absolute Gasteiger partial charge is 0.508 e. The number of aromatic hydroxyl groups is 1. The molecule has 1 heterocycles. The fourth-order valence-corrected chi connectivity index (χ4v) is 2.89. The molecule has 138 valence electrons. The number of phenols is 1. The van der Waals surface area contributed by atoms with Crippen molar-refractivity contribution in [2.45, 2.75) is 51.9 Å². The van der Waals surface area contributed by atoms with Crippen molar-refractivity contribution in [3.05, 3.63) is 42.0 Å². The molecular formula is C20H28O5. The lowest BCUT2D eigenvalue weighted by Crippen LogP contribution is -2.41. The number of phenolic OH excluding ortho intramolecular Hbond substituents is 1. The third kappa shape index (κ3) is 5.87. The van der Waals surface area contributed by atoms with Gasteiger partial charge < -0.3 is 19.3 Å². The van der Waals surface area contributed by atoms with Gasteiger partial charge in [-0.05, 0) is 39.7 Å². The summed E-state index contributed by atoms with van der Waals surface area (Å²) in [4.78, 5) is 11.3. The molecule has 0 radical (unpaired) electrons. The number of rotatable bonds is 7. The number of ether oxygens (including phenoxy) is 3. The number of hydrogen-bond donors (Lipinski definition) is 1. The average molecular weight is 348 g/mol. The van der Waals surface area contributed by atoms with Crippen LogP contribution in [0.4, 0.5) is 0 Å². The van der Waals surface area contributed by atoms with E-state index in [9.17, 15) is 9.90 Å². The van der Waals surface area contributed by atoms with Crippen LogP contribution in [-0.4, -0.2) is 30.1 Å². The van der Waals surface area contributed by atoms with E-state index >= 15 is 0 Å². The Morgan fingerprint density at radius 2 is 2.12 bits per heavy atom. The van der Waals surface area contributed by atoms with Crippen LogP contribution in [0.15, 0.2) is 36.4 Å². The van der Waals surface area contributed by atoms with Crippen molar-refractivity contribution in [1.29, 1.82) is 0 Å². The van der Waals surface area contributed by atoms with Gasteiger partial charge in [-0.25, -0.2) is 0 Å². The molecule has 1 aromatic rings. The minimum Gasteiger partial charge on any atom is -0.508 e. The summed E-state index contributed by atoms with van der Waals surface area (Å²) in [7, 11) is 0. The van der Waals surface area contributed by atoms with E-state index in [2.05, 4.69) is 0 Å². The summed E-state index contributed by atoms with van der Waals surface area (Å²) in [6.45, 7) is 6.53. The highest BCUT2D eigenvalue weighted by molar-refractivity contribution is 5.69. The third-order valence-electron chi connectivity index (χ3n) is 4.15. The number of para-hydroxylation sites is 1. The van der Waals surface area contributed by atoms with Crippen LogP contribution < -0.4 is 0 Å². The van der Waals surface area contributed by atoms with Gasteiger partial charge >= 0.3 is 5.97 Å². The van der Waals surface area contributed by atoms with Gasteiger partial charge in [0.25, 0.3) is 0 Å². The Kier molecular flexibility index (Phi) is 7.02. The molecule has 25 heavy (non-hydrogen) atoms. The standard InChI is InChI=1S/C20H28O5/c1-4-23-18(22)13-7-5-6-10-15-14-24-20(2,3)25-19(15)16-11-8-9-12-17(16)21/h5-6,8-9,11-12,15,19,21H,4,7,10,13-14H2,1-3H3/b6-5-/t15-,19+/m1/s1. The van der Waals surface area contributed by atoms with E-state index in [-0.39, 0.29) is 23.7 Å². The van der Waals surface area contributed by atoms with Crippen LogP contribution in [-0.2, 0) is 19.0 Å². The molecule has 2 atom stereocenters. The minimum absolute atomic E-state index is 0.0974. The third-order valence-corrected chi connectivity index (χ3v) is 4.15. The van der Waals surface area contributed by atoms with E-state index in [0.29, 0.717) is 26.1 Å². The fourth-order valence-electron chi connectivity index (χ4n) is 2.89. The predicted octanol–water partition coefficient (Wildman–Crippen LogP) is 4.12. The first-order valence-corrected chi connectivity index (χ1v) is 8.83. The van der Waals surface area contributed by atoms with E-state index in [4.69, 9.17) is 14.2 Å². The summed E-state index contributed by atoms with van der Waals surface area (Å²) in [5.74, 6) is -0.524. The molecule has 1 fully saturated rings. The quantitative estimate of drug-likeness (QED) is 0.593. The van der Waals surface area contributed by atoms with Crippen LogP contribution in [0.1, 0.15) is 51.7 Å². The van der Waals surface area contributed by atoms with E-state index in [1.165, 1.54) is 0 Å². The first kappa shape index (κ1) is 19.5. The highest BCUT2D eigenvalue weighted by atomic mass is 16.7. The first-order chi connectivity index (χ1) is 11.9. The molecule has 1 aliphatic heterocycles. The number of carbonyl (C=O) groups is 1. The van der Waals surface area contributed by atoms with Gasteiger partial charge in [0.1, 0.15) is 5.75 Å². The molecule has 0 saturated carbocycles. The lowest BCUT2D eigenvalue weighted by Gasteiger charge is -2.41.